The van der Waals surface area contributed by atoms with E-state index in [2.05, 4.69) is 81.6 Å². The van der Waals surface area contributed by atoms with Gasteiger partial charge in [-0.05, 0) is 109 Å². The average molecular weight is 495 g/mol. The van der Waals surface area contributed by atoms with Crippen molar-refractivity contribution in [3.05, 3.63) is 82.0 Å². The maximum Gasteiger partial charge on any atom is 0.0832 e. The van der Waals surface area contributed by atoms with E-state index in [-0.39, 0.29) is 10.8 Å². The van der Waals surface area contributed by atoms with Crippen LogP contribution in [0.25, 0.3) is 0 Å². The van der Waals surface area contributed by atoms with Crippen molar-refractivity contribution in [1.29, 1.82) is 0 Å². The molecule has 180 valence electrons. The van der Waals surface area contributed by atoms with Crippen LogP contribution in [0.4, 0.5) is 11.4 Å². The van der Waals surface area contributed by atoms with Gasteiger partial charge < -0.3 is 4.90 Å². The van der Waals surface area contributed by atoms with Gasteiger partial charge in [-0.15, -0.1) is 0 Å². The first-order chi connectivity index (χ1) is 16.1. The molecule has 2 unspecified atom stereocenters. The Labute approximate surface area is 215 Å². The third kappa shape index (κ3) is 4.03. The van der Waals surface area contributed by atoms with E-state index in [1.54, 1.807) is 0 Å². The summed E-state index contributed by atoms with van der Waals surface area (Å²) in [5.41, 5.74) is 6.08. The highest BCUT2D eigenvalue weighted by Gasteiger charge is 2.56. The van der Waals surface area contributed by atoms with Gasteiger partial charge in [0.2, 0.25) is 0 Å². The number of allylic oxidation sites excluding steroid dienone is 2. The summed E-state index contributed by atoms with van der Waals surface area (Å²) in [5.74, 6) is 2.69. The Kier molecular flexibility index (Phi) is 6.18. The molecular weight excluding hydrogens is 457 g/mol. The Bertz CT molecular complexity index is 1120. The summed E-state index contributed by atoms with van der Waals surface area (Å²) in [6, 6.07) is 13.3. The van der Waals surface area contributed by atoms with Crippen LogP contribution in [0.2, 0.25) is 10.0 Å². The molecule has 0 heterocycles. The fourth-order valence-corrected chi connectivity index (χ4v) is 7.63. The molecule has 0 saturated heterocycles. The van der Waals surface area contributed by atoms with Crippen molar-refractivity contribution in [3.63, 3.8) is 0 Å². The van der Waals surface area contributed by atoms with Crippen molar-refractivity contribution < 1.29 is 0 Å². The van der Waals surface area contributed by atoms with Crippen LogP contribution < -0.4 is 4.90 Å². The highest BCUT2D eigenvalue weighted by molar-refractivity contribution is 6.44. The third-order valence-electron chi connectivity index (χ3n) is 8.64. The summed E-state index contributed by atoms with van der Waals surface area (Å²) in [6.07, 6.45) is 11.9. The first kappa shape index (κ1) is 24.0. The fourth-order valence-electron chi connectivity index (χ4n) is 7.22. The van der Waals surface area contributed by atoms with Crippen molar-refractivity contribution in [2.24, 2.45) is 17.8 Å². The summed E-state index contributed by atoms with van der Waals surface area (Å²) in [6.45, 7) is 13.1. The quantitative estimate of drug-likeness (QED) is 0.361. The minimum Gasteiger partial charge on any atom is -0.309 e. The van der Waals surface area contributed by atoms with E-state index in [0.29, 0.717) is 10.0 Å². The van der Waals surface area contributed by atoms with Crippen LogP contribution in [0, 0.1) is 17.8 Å². The van der Waals surface area contributed by atoms with Crippen molar-refractivity contribution in [2.75, 3.05) is 4.90 Å². The minimum atomic E-state index is 0.0503. The number of anilines is 2. The average Bonchev–Trinajstić information content (AvgIpc) is 3.22. The zero-order valence-corrected chi connectivity index (χ0v) is 22.5. The molecule has 34 heavy (non-hydrogen) atoms. The zero-order chi connectivity index (χ0) is 24.3. The Morgan fingerprint density at radius 3 is 2.38 bits per heavy atom. The van der Waals surface area contributed by atoms with Gasteiger partial charge in [-0.1, -0.05) is 75.7 Å². The first-order valence-corrected chi connectivity index (χ1v) is 13.6. The summed E-state index contributed by atoms with van der Waals surface area (Å²) in [7, 11) is 0. The smallest absolute Gasteiger partial charge is 0.0832 e. The van der Waals surface area contributed by atoms with Crippen LogP contribution in [0.3, 0.4) is 0 Å². The Morgan fingerprint density at radius 2 is 1.79 bits per heavy atom. The molecule has 0 spiro atoms. The van der Waals surface area contributed by atoms with Crippen molar-refractivity contribution >= 4 is 34.6 Å². The van der Waals surface area contributed by atoms with Gasteiger partial charge in [-0.3, -0.25) is 0 Å². The highest BCUT2D eigenvalue weighted by Crippen LogP contribution is 2.65. The van der Waals surface area contributed by atoms with E-state index >= 15 is 0 Å². The fraction of sp³-hybridized carbons (Fsp3) is 0.484. The Morgan fingerprint density at radius 1 is 1.09 bits per heavy atom. The molecule has 2 atom stereocenters. The molecule has 4 aliphatic carbocycles. The van der Waals surface area contributed by atoms with Gasteiger partial charge in [0, 0.05) is 11.4 Å². The Balaban J connectivity index is 1.67. The van der Waals surface area contributed by atoms with E-state index in [9.17, 15) is 0 Å². The van der Waals surface area contributed by atoms with E-state index < -0.39 is 0 Å². The van der Waals surface area contributed by atoms with Crippen molar-refractivity contribution in [3.8, 4) is 0 Å². The second-order valence-corrected chi connectivity index (χ2v) is 12.7. The zero-order valence-electron chi connectivity index (χ0n) is 21.0. The lowest BCUT2D eigenvalue weighted by Gasteiger charge is -2.40. The van der Waals surface area contributed by atoms with Crippen LogP contribution in [-0.2, 0) is 10.8 Å². The van der Waals surface area contributed by atoms with Gasteiger partial charge >= 0.3 is 0 Å². The molecule has 0 aliphatic heterocycles. The lowest BCUT2D eigenvalue weighted by atomic mass is 9.66. The molecular formula is C31H37Cl2N. The standard InChI is InChI=1S/C31H37Cl2N/c1-6-9-25(7-2)34(26-11-8-10-23(14-26)30(3,4)5)28-16-24(15-27(32)29(28)33)31-17-20-12-21(18-31)22(13-20)19-31/h7-11,14-16,20-22H,2,6,12-13,17-19H2,1,3-5H3/b25-9+. The molecule has 6 rings (SSSR count). The first-order valence-electron chi connectivity index (χ1n) is 12.9. The molecule has 0 aromatic heterocycles. The molecule has 1 nitrogen and oxygen atoms in total. The van der Waals surface area contributed by atoms with Gasteiger partial charge in [0.25, 0.3) is 0 Å². The van der Waals surface area contributed by atoms with Gasteiger partial charge in [0.15, 0.2) is 0 Å². The van der Waals surface area contributed by atoms with E-state index in [1.165, 1.54) is 43.2 Å². The van der Waals surface area contributed by atoms with Gasteiger partial charge in [0.1, 0.15) is 0 Å². The maximum atomic E-state index is 6.98. The molecule has 4 aliphatic rings. The monoisotopic (exact) mass is 493 g/mol. The van der Waals surface area contributed by atoms with Gasteiger partial charge in [-0.2, -0.15) is 0 Å². The summed E-state index contributed by atoms with van der Waals surface area (Å²) >= 11 is 13.9. The largest absolute Gasteiger partial charge is 0.309 e. The number of rotatable bonds is 6. The predicted octanol–water partition coefficient (Wildman–Crippen LogP) is 9.99. The molecule has 4 bridgehead atoms. The van der Waals surface area contributed by atoms with Gasteiger partial charge in [0.05, 0.1) is 15.7 Å². The second kappa shape index (κ2) is 8.75. The SMILES string of the molecule is C=C/C(=C\CC)N(c1cccc(C(C)(C)C)c1)c1cc(C23CC4CC(C2)C(C4)C3)cc(Cl)c1Cl. The number of halogens is 2. The number of hydrogen-bond acceptors (Lipinski definition) is 1. The molecule has 4 saturated carbocycles. The van der Waals surface area contributed by atoms with Crippen molar-refractivity contribution in [2.45, 2.75) is 77.0 Å². The van der Waals surface area contributed by atoms with E-state index in [4.69, 9.17) is 23.2 Å². The second-order valence-electron chi connectivity index (χ2n) is 11.9. The van der Waals surface area contributed by atoms with Crippen LogP contribution in [0.1, 0.15) is 77.3 Å². The third-order valence-corrected chi connectivity index (χ3v) is 9.43. The molecule has 0 amide bonds. The highest BCUT2D eigenvalue weighted by atomic mass is 35.5. The van der Waals surface area contributed by atoms with Crippen LogP contribution in [0.5, 0.6) is 0 Å². The van der Waals surface area contributed by atoms with Crippen LogP contribution in [-0.4, -0.2) is 0 Å². The Hall–Kier alpha value is -1.70. The normalized spacial score (nSPS) is 27.9. The molecule has 0 N–H and O–H groups in total. The molecule has 3 heteroatoms. The van der Waals surface area contributed by atoms with Crippen LogP contribution in [0.15, 0.2) is 60.8 Å². The number of hydrogen-bond donors (Lipinski definition) is 0. The van der Waals surface area contributed by atoms with E-state index in [1.807, 2.05) is 6.08 Å². The molecule has 0 radical (unpaired) electrons. The summed E-state index contributed by atoms with van der Waals surface area (Å²) in [4.78, 5) is 2.26. The van der Waals surface area contributed by atoms with Crippen LogP contribution >= 0.6 is 23.2 Å². The minimum absolute atomic E-state index is 0.0503. The summed E-state index contributed by atoms with van der Waals surface area (Å²) < 4.78 is 0. The topological polar surface area (TPSA) is 3.24 Å². The molecule has 2 aromatic carbocycles. The number of nitrogens with zero attached hydrogens (tertiary/aromatic N) is 1. The lowest BCUT2D eigenvalue weighted by Crippen LogP contribution is -2.31. The van der Waals surface area contributed by atoms with E-state index in [0.717, 1.165) is 41.2 Å². The molecule has 2 aromatic rings. The summed E-state index contributed by atoms with van der Waals surface area (Å²) in [5, 5.41) is 1.27. The van der Waals surface area contributed by atoms with Gasteiger partial charge in [-0.25, -0.2) is 0 Å². The maximum absolute atomic E-state index is 6.98. The lowest BCUT2D eigenvalue weighted by molar-refractivity contribution is 0.229. The number of benzene rings is 2. The predicted molar refractivity (Wildman–Crippen MR) is 148 cm³/mol. The van der Waals surface area contributed by atoms with Crippen molar-refractivity contribution in [1.82, 2.24) is 0 Å². The molecule has 4 fully saturated rings.